The van der Waals surface area contributed by atoms with Crippen molar-refractivity contribution >= 4 is 49.7 Å². The number of halogens is 1. The van der Waals surface area contributed by atoms with Crippen molar-refractivity contribution in [2.75, 3.05) is 49.1 Å². The second-order valence-electron chi connectivity index (χ2n) is 8.90. The maximum absolute atomic E-state index is 13.4. The molecule has 8 heteroatoms. The molecule has 2 heterocycles. The first-order chi connectivity index (χ1) is 16.5. The third-order valence-corrected chi connectivity index (χ3v) is 7.58. The molecule has 2 aliphatic rings. The zero-order valence-electron chi connectivity index (χ0n) is 19.0. The third kappa shape index (κ3) is 4.34. The highest BCUT2D eigenvalue weighted by Crippen LogP contribution is 2.35. The minimum absolute atomic E-state index is 0.0426. The summed E-state index contributed by atoms with van der Waals surface area (Å²) < 4.78 is 0.979. The van der Waals surface area contributed by atoms with Crippen LogP contribution in [0, 0.1) is 10.1 Å². The molecule has 2 saturated heterocycles. The average molecular weight is 523 g/mol. The van der Waals surface area contributed by atoms with Crippen molar-refractivity contribution in [3.8, 4) is 0 Å². The third-order valence-electron chi connectivity index (χ3n) is 6.88. The molecule has 3 aromatic carbocycles. The van der Waals surface area contributed by atoms with E-state index in [2.05, 4.69) is 25.7 Å². The largest absolute Gasteiger partial charge is 0.368 e. The van der Waals surface area contributed by atoms with Gasteiger partial charge >= 0.3 is 0 Å². The van der Waals surface area contributed by atoms with E-state index < -0.39 is 0 Å². The topological polar surface area (TPSA) is 69.9 Å². The molecular formula is C26H27BrN4O3. The van der Waals surface area contributed by atoms with Crippen LogP contribution in [0.4, 0.5) is 17.1 Å². The number of carbonyl (C=O) groups is 1. The van der Waals surface area contributed by atoms with Crippen LogP contribution in [0.2, 0.25) is 0 Å². The Morgan fingerprint density at radius 2 is 1.53 bits per heavy atom. The Hall–Kier alpha value is -3.13. The van der Waals surface area contributed by atoms with Gasteiger partial charge in [-0.1, -0.05) is 40.2 Å². The fourth-order valence-corrected chi connectivity index (χ4v) is 5.55. The molecule has 5 rings (SSSR count). The fraction of sp³-hybridized carbons (Fsp3) is 0.346. The smallest absolute Gasteiger partial charge is 0.292 e. The van der Waals surface area contributed by atoms with Crippen LogP contribution in [-0.4, -0.2) is 55.0 Å². The summed E-state index contributed by atoms with van der Waals surface area (Å²) in [5.74, 6) is 0.0426. The molecule has 0 atom stereocenters. The van der Waals surface area contributed by atoms with Crippen LogP contribution in [0.1, 0.15) is 29.6 Å². The monoisotopic (exact) mass is 522 g/mol. The standard InChI is InChI=1S/C26H27BrN4O3/c27-23-9-5-6-20-21(23)7-4-8-22(20)26(32)30-16-14-28(15-17-30)19-10-11-24(31(33)34)25(18-19)29-12-2-1-3-13-29/h4-11,18H,1-3,12-17H2. The predicted octanol–water partition coefficient (Wildman–Crippen LogP) is 5.46. The van der Waals surface area contributed by atoms with Gasteiger partial charge in [0.05, 0.1) is 4.92 Å². The summed E-state index contributed by atoms with van der Waals surface area (Å²) in [6.45, 7) is 4.31. The van der Waals surface area contributed by atoms with Gasteiger partial charge < -0.3 is 14.7 Å². The summed E-state index contributed by atoms with van der Waals surface area (Å²) in [5, 5.41) is 13.6. The van der Waals surface area contributed by atoms with E-state index in [0.29, 0.717) is 31.9 Å². The normalized spacial score (nSPS) is 16.7. The first kappa shape index (κ1) is 22.7. The average Bonchev–Trinajstić information content (AvgIpc) is 2.88. The molecule has 7 nitrogen and oxygen atoms in total. The number of nitrogens with zero attached hydrogens (tertiary/aromatic N) is 4. The van der Waals surface area contributed by atoms with Crippen LogP contribution in [0.3, 0.4) is 0 Å². The fourth-order valence-electron chi connectivity index (χ4n) is 5.05. The molecule has 0 bridgehead atoms. The summed E-state index contributed by atoms with van der Waals surface area (Å²) in [5.41, 5.74) is 2.57. The van der Waals surface area contributed by atoms with Crippen molar-refractivity contribution in [2.24, 2.45) is 0 Å². The Morgan fingerprint density at radius 3 is 2.26 bits per heavy atom. The van der Waals surface area contributed by atoms with Gasteiger partial charge in [-0.3, -0.25) is 14.9 Å². The molecule has 0 saturated carbocycles. The van der Waals surface area contributed by atoms with Crippen LogP contribution in [0.5, 0.6) is 0 Å². The first-order valence-electron chi connectivity index (χ1n) is 11.8. The summed E-state index contributed by atoms with van der Waals surface area (Å²) >= 11 is 3.58. The van der Waals surface area contributed by atoms with Gasteiger partial charge in [0.1, 0.15) is 5.69 Å². The molecule has 2 aliphatic heterocycles. The van der Waals surface area contributed by atoms with Crippen LogP contribution in [0.15, 0.2) is 59.1 Å². The van der Waals surface area contributed by atoms with Crippen molar-refractivity contribution in [3.05, 3.63) is 74.7 Å². The molecule has 2 fully saturated rings. The zero-order valence-corrected chi connectivity index (χ0v) is 20.5. The van der Waals surface area contributed by atoms with E-state index in [0.717, 1.165) is 52.4 Å². The maximum atomic E-state index is 13.4. The van der Waals surface area contributed by atoms with E-state index in [1.807, 2.05) is 53.4 Å². The summed E-state index contributed by atoms with van der Waals surface area (Å²) in [4.78, 5) is 31.0. The van der Waals surface area contributed by atoms with E-state index >= 15 is 0 Å². The number of piperidine rings is 1. The number of fused-ring (bicyclic) bond motifs is 1. The number of nitro groups is 1. The van der Waals surface area contributed by atoms with E-state index in [-0.39, 0.29) is 16.5 Å². The van der Waals surface area contributed by atoms with E-state index in [1.165, 1.54) is 6.42 Å². The van der Waals surface area contributed by atoms with Crippen molar-refractivity contribution in [1.29, 1.82) is 0 Å². The first-order valence-corrected chi connectivity index (χ1v) is 12.6. The lowest BCUT2D eigenvalue weighted by molar-refractivity contribution is -0.384. The lowest BCUT2D eigenvalue weighted by atomic mass is 10.0. The minimum atomic E-state index is -0.285. The predicted molar refractivity (Wildman–Crippen MR) is 139 cm³/mol. The molecule has 0 N–H and O–H groups in total. The van der Waals surface area contributed by atoms with Gasteiger partial charge in [-0.2, -0.15) is 0 Å². The molecular weight excluding hydrogens is 496 g/mol. The van der Waals surface area contributed by atoms with Crippen LogP contribution in [0.25, 0.3) is 10.8 Å². The number of hydrogen-bond acceptors (Lipinski definition) is 5. The van der Waals surface area contributed by atoms with Gasteiger partial charge in [0, 0.05) is 61.1 Å². The Labute approximate surface area is 207 Å². The molecule has 0 unspecified atom stereocenters. The van der Waals surface area contributed by atoms with Crippen LogP contribution in [-0.2, 0) is 0 Å². The van der Waals surface area contributed by atoms with Crippen molar-refractivity contribution < 1.29 is 9.72 Å². The molecule has 0 radical (unpaired) electrons. The highest BCUT2D eigenvalue weighted by Gasteiger charge is 2.26. The number of amides is 1. The van der Waals surface area contributed by atoms with Crippen molar-refractivity contribution in [3.63, 3.8) is 0 Å². The van der Waals surface area contributed by atoms with Gasteiger partial charge in [0.2, 0.25) is 0 Å². The second kappa shape index (κ2) is 9.62. The Balaban J connectivity index is 1.33. The van der Waals surface area contributed by atoms with Gasteiger partial charge in [-0.05, 0) is 54.3 Å². The van der Waals surface area contributed by atoms with Crippen LogP contribution >= 0.6 is 15.9 Å². The molecule has 176 valence electrons. The lowest BCUT2D eigenvalue weighted by Gasteiger charge is -2.37. The summed E-state index contributed by atoms with van der Waals surface area (Å²) in [6, 6.07) is 17.2. The highest BCUT2D eigenvalue weighted by atomic mass is 79.9. The Morgan fingerprint density at radius 1 is 0.824 bits per heavy atom. The van der Waals surface area contributed by atoms with Gasteiger partial charge in [-0.25, -0.2) is 0 Å². The van der Waals surface area contributed by atoms with Crippen LogP contribution < -0.4 is 9.80 Å². The number of piperazine rings is 1. The molecule has 0 aromatic heterocycles. The molecule has 0 spiro atoms. The number of benzene rings is 3. The van der Waals surface area contributed by atoms with Gasteiger partial charge in [0.25, 0.3) is 11.6 Å². The number of hydrogen-bond donors (Lipinski definition) is 0. The van der Waals surface area contributed by atoms with E-state index in [4.69, 9.17) is 0 Å². The maximum Gasteiger partial charge on any atom is 0.292 e. The highest BCUT2D eigenvalue weighted by molar-refractivity contribution is 9.10. The van der Waals surface area contributed by atoms with E-state index in [1.54, 1.807) is 6.07 Å². The van der Waals surface area contributed by atoms with Gasteiger partial charge in [-0.15, -0.1) is 0 Å². The lowest BCUT2D eigenvalue weighted by Crippen LogP contribution is -2.48. The quantitative estimate of drug-likeness (QED) is 0.336. The zero-order chi connectivity index (χ0) is 23.7. The summed E-state index contributed by atoms with van der Waals surface area (Å²) in [7, 11) is 0. The Bertz CT molecular complexity index is 1230. The molecule has 3 aromatic rings. The van der Waals surface area contributed by atoms with E-state index in [9.17, 15) is 14.9 Å². The van der Waals surface area contributed by atoms with Crippen molar-refractivity contribution in [2.45, 2.75) is 19.3 Å². The molecule has 0 aliphatic carbocycles. The van der Waals surface area contributed by atoms with Gasteiger partial charge in [0.15, 0.2) is 0 Å². The Kier molecular flexibility index (Phi) is 6.41. The number of anilines is 2. The summed E-state index contributed by atoms with van der Waals surface area (Å²) in [6.07, 6.45) is 3.30. The second-order valence-corrected chi connectivity index (χ2v) is 9.75. The number of carbonyl (C=O) groups excluding carboxylic acids is 1. The molecule has 1 amide bonds. The minimum Gasteiger partial charge on any atom is -0.368 e. The number of nitro benzene ring substituents is 1. The number of rotatable bonds is 4. The van der Waals surface area contributed by atoms with Crippen molar-refractivity contribution in [1.82, 2.24) is 4.90 Å². The molecule has 34 heavy (non-hydrogen) atoms. The SMILES string of the molecule is O=C(c1cccc2c(Br)cccc12)N1CCN(c2ccc([N+](=O)[O-])c(N3CCCCC3)c2)CC1.